The van der Waals surface area contributed by atoms with Crippen LogP contribution in [0.3, 0.4) is 0 Å². The third kappa shape index (κ3) is 4.19. The smallest absolute Gasteiger partial charge is 0.305 e. The molecule has 0 radical (unpaired) electrons. The van der Waals surface area contributed by atoms with Gasteiger partial charge in [-0.15, -0.1) is 0 Å². The summed E-state index contributed by atoms with van der Waals surface area (Å²) in [6, 6.07) is 4.85. The molecule has 1 atom stereocenters. The van der Waals surface area contributed by atoms with E-state index in [0.717, 1.165) is 31.6 Å². The van der Waals surface area contributed by atoms with Gasteiger partial charge in [-0.3, -0.25) is 4.90 Å². The molecular weight excluding hydrogens is 396 g/mol. The fourth-order valence-electron chi connectivity index (χ4n) is 5.41. The third-order valence-corrected chi connectivity index (χ3v) is 7.21. The van der Waals surface area contributed by atoms with E-state index >= 15 is 0 Å². The second-order valence-electron chi connectivity index (χ2n) is 10.2. The number of hydrogen-bond donors (Lipinski definition) is 1. The number of likely N-dealkylation sites (N-methyl/N-ethyl adjacent to an activating group) is 1. The Bertz CT molecular complexity index is 932. The van der Waals surface area contributed by atoms with Gasteiger partial charge in [0.2, 0.25) is 0 Å². The first-order valence-electron chi connectivity index (χ1n) is 12.4. The SMILES string of the molecule is C=C1C2=C(CCCCC)N(Cc3cc4c(cc3C)CCC4)NC2N(CC(C)C)C(=O)N1C. The van der Waals surface area contributed by atoms with Crippen LogP contribution in [-0.2, 0) is 19.4 Å². The molecule has 2 aliphatic heterocycles. The first-order valence-corrected chi connectivity index (χ1v) is 12.4. The summed E-state index contributed by atoms with van der Waals surface area (Å²) in [6.45, 7) is 14.7. The Morgan fingerprint density at radius 3 is 2.59 bits per heavy atom. The molecular formula is C27H40N4O. The highest BCUT2D eigenvalue weighted by molar-refractivity contribution is 5.81. The average Bonchev–Trinajstić information content (AvgIpc) is 3.34. The van der Waals surface area contributed by atoms with Crippen molar-refractivity contribution in [3.8, 4) is 0 Å². The van der Waals surface area contributed by atoms with Crippen molar-refractivity contribution in [3.63, 3.8) is 0 Å². The molecule has 1 aromatic carbocycles. The molecule has 5 heteroatoms. The van der Waals surface area contributed by atoms with Crippen LogP contribution in [0.2, 0.25) is 0 Å². The largest absolute Gasteiger partial charge is 0.325 e. The molecule has 1 saturated heterocycles. The Morgan fingerprint density at radius 2 is 1.91 bits per heavy atom. The van der Waals surface area contributed by atoms with Crippen LogP contribution in [0.5, 0.6) is 0 Å². The molecule has 0 aromatic heterocycles. The number of fused-ring (bicyclic) bond motifs is 2. The van der Waals surface area contributed by atoms with Gasteiger partial charge in [0, 0.05) is 30.6 Å². The molecule has 0 saturated carbocycles. The minimum atomic E-state index is -0.125. The molecule has 5 nitrogen and oxygen atoms in total. The van der Waals surface area contributed by atoms with Crippen LogP contribution < -0.4 is 5.43 Å². The first kappa shape index (κ1) is 22.9. The Labute approximate surface area is 194 Å². The van der Waals surface area contributed by atoms with Gasteiger partial charge in [0.25, 0.3) is 0 Å². The summed E-state index contributed by atoms with van der Waals surface area (Å²) >= 11 is 0. The zero-order chi connectivity index (χ0) is 23.0. The van der Waals surface area contributed by atoms with Gasteiger partial charge in [-0.25, -0.2) is 10.2 Å². The van der Waals surface area contributed by atoms with Crippen molar-refractivity contribution in [2.45, 2.75) is 85.4 Å². The summed E-state index contributed by atoms with van der Waals surface area (Å²) in [5.41, 5.74) is 12.9. The van der Waals surface area contributed by atoms with Gasteiger partial charge in [-0.2, -0.15) is 0 Å². The number of unbranched alkanes of at least 4 members (excludes halogenated alkanes) is 2. The van der Waals surface area contributed by atoms with Crippen molar-refractivity contribution < 1.29 is 4.79 Å². The van der Waals surface area contributed by atoms with Gasteiger partial charge in [0.15, 0.2) is 0 Å². The number of nitrogens with one attached hydrogen (secondary N) is 1. The maximum Gasteiger partial charge on any atom is 0.325 e. The van der Waals surface area contributed by atoms with Gasteiger partial charge < -0.3 is 9.91 Å². The summed E-state index contributed by atoms with van der Waals surface area (Å²) < 4.78 is 0. The van der Waals surface area contributed by atoms with Gasteiger partial charge in [0.05, 0.1) is 6.54 Å². The number of nitrogens with zero attached hydrogens (tertiary/aromatic N) is 3. The lowest BCUT2D eigenvalue weighted by Gasteiger charge is -2.41. The van der Waals surface area contributed by atoms with E-state index in [4.69, 9.17) is 0 Å². The predicted octanol–water partition coefficient (Wildman–Crippen LogP) is 5.50. The van der Waals surface area contributed by atoms with Gasteiger partial charge in [0.1, 0.15) is 6.17 Å². The summed E-state index contributed by atoms with van der Waals surface area (Å²) in [7, 11) is 1.86. The zero-order valence-corrected chi connectivity index (χ0v) is 20.6. The minimum Gasteiger partial charge on any atom is -0.305 e. The van der Waals surface area contributed by atoms with Crippen LogP contribution in [0.1, 0.15) is 75.1 Å². The molecule has 4 rings (SSSR count). The standard InChI is InChI=1S/C27H40N4O/c1-7-8-9-13-24-25-20(5)29(6)27(32)30(16-18(2)3)26(25)28-31(24)17-23-15-22-12-10-11-21(22)14-19(23)4/h14-15,18,26,28H,5,7-13,16-17H2,1-4,6H3. The fraction of sp³-hybridized carbons (Fsp3) is 0.593. The number of carbonyl (C=O) groups excluding carboxylic acids is 1. The maximum absolute atomic E-state index is 13.1. The second-order valence-corrected chi connectivity index (χ2v) is 10.2. The lowest BCUT2D eigenvalue weighted by atomic mass is 9.99. The highest BCUT2D eigenvalue weighted by Crippen LogP contribution is 2.38. The number of hydrazine groups is 1. The molecule has 0 spiro atoms. The molecule has 1 aliphatic carbocycles. The predicted molar refractivity (Wildman–Crippen MR) is 131 cm³/mol. The number of urea groups is 1. The monoisotopic (exact) mass is 436 g/mol. The van der Waals surface area contributed by atoms with Crippen LogP contribution >= 0.6 is 0 Å². The minimum absolute atomic E-state index is 0.0356. The number of hydrogen-bond acceptors (Lipinski definition) is 3. The molecule has 0 bridgehead atoms. The highest BCUT2D eigenvalue weighted by Gasteiger charge is 2.44. The molecule has 1 fully saturated rings. The van der Waals surface area contributed by atoms with Crippen LogP contribution in [0.15, 0.2) is 35.7 Å². The first-order chi connectivity index (χ1) is 15.3. The van der Waals surface area contributed by atoms with Crippen molar-refractivity contribution in [2.24, 2.45) is 5.92 Å². The number of aryl methyl sites for hydroxylation is 3. The molecule has 2 heterocycles. The van der Waals surface area contributed by atoms with E-state index in [1.165, 1.54) is 65.6 Å². The second kappa shape index (κ2) is 9.30. The van der Waals surface area contributed by atoms with E-state index in [2.05, 4.69) is 56.8 Å². The molecule has 174 valence electrons. The van der Waals surface area contributed by atoms with Crippen LogP contribution in [0.25, 0.3) is 0 Å². The fourth-order valence-corrected chi connectivity index (χ4v) is 5.41. The van der Waals surface area contributed by atoms with E-state index < -0.39 is 0 Å². The van der Waals surface area contributed by atoms with Crippen molar-refractivity contribution >= 4 is 6.03 Å². The van der Waals surface area contributed by atoms with E-state index in [0.29, 0.717) is 5.92 Å². The van der Waals surface area contributed by atoms with Crippen LogP contribution in [0.4, 0.5) is 4.79 Å². The van der Waals surface area contributed by atoms with E-state index in [1.54, 1.807) is 4.90 Å². The molecule has 1 aromatic rings. The van der Waals surface area contributed by atoms with Crippen molar-refractivity contribution in [1.29, 1.82) is 0 Å². The van der Waals surface area contributed by atoms with E-state index in [-0.39, 0.29) is 12.2 Å². The lowest BCUT2D eigenvalue weighted by molar-refractivity contribution is 0.104. The topological polar surface area (TPSA) is 38.8 Å². The summed E-state index contributed by atoms with van der Waals surface area (Å²) in [5, 5.41) is 2.32. The van der Waals surface area contributed by atoms with Crippen LogP contribution in [0, 0.1) is 12.8 Å². The lowest BCUT2D eigenvalue weighted by Crippen LogP contribution is -2.58. The van der Waals surface area contributed by atoms with Gasteiger partial charge in [-0.05, 0) is 67.2 Å². The van der Waals surface area contributed by atoms with E-state index in [9.17, 15) is 4.79 Å². The summed E-state index contributed by atoms with van der Waals surface area (Å²) in [4.78, 5) is 16.9. The molecule has 1 N–H and O–H groups in total. The number of allylic oxidation sites excluding steroid dienone is 1. The van der Waals surface area contributed by atoms with Crippen molar-refractivity contribution in [1.82, 2.24) is 20.2 Å². The number of rotatable bonds is 8. The Balaban J connectivity index is 1.69. The zero-order valence-electron chi connectivity index (χ0n) is 20.6. The van der Waals surface area contributed by atoms with Crippen LogP contribution in [-0.4, -0.2) is 40.6 Å². The normalized spacial score (nSPS) is 20.7. The average molecular weight is 437 g/mol. The third-order valence-electron chi connectivity index (χ3n) is 7.21. The Kier molecular flexibility index (Phi) is 6.66. The quantitative estimate of drug-likeness (QED) is 0.547. The van der Waals surface area contributed by atoms with Gasteiger partial charge in [-0.1, -0.05) is 52.3 Å². The number of carbonyl (C=O) groups is 1. The van der Waals surface area contributed by atoms with Crippen molar-refractivity contribution in [3.05, 3.63) is 57.9 Å². The van der Waals surface area contributed by atoms with Crippen molar-refractivity contribution in [2.75, 3.05) is 13.6 Å². The molecule has 2 amide bonds. The Hall–Kier alpha value is -2.27. The molecule has 32 heavy (non-hydrogen) atoms. The highest BCUT2D eigenvalue weighted by atomic mass is 16.2. The summed E-state index contributed by atoms with van der Waals surface area (Å²) in [6.07, 6.45) is 8.12. The number of benzene rings is 1. The summed E-state index contributed by atoms with van der Waals surface area (Å²) in [5.74, 6) is 0.401. The number of amides is 2. The maximum atomic E-state index is 13.1. The Morgan fingerprint density at radius 1 is 1.19 bits per heavy atom. The molecule has 3 aliphatic rings. The molecule has 1 unspecified atom stereocenters. The van der Waals surface area contributed by atoms with E-state index in [1.807, 2.05) is 11.9 Å². The van der Waals surface area contributed by atoms with Gasteiger partial charge >= 0.3 is 6.03 Å².